The number of nitrogens with zero attached hydrogens (tertiary/aromatic N) is 4. The second kappa shape index (κ2) is 27.9. The summed E-state index contributed by atoms with van der Waals surface area (Å²) in [7, 11) is -9.11. The van der Waals surface area contributed by atoms with Crippen molar-refractivity contribution in [2.45, 2.75) is 152 Å². The molecule has 3 aliphatic heterocycles. The summed E-state index contributed by atoms with van der Waals surface area (Å²) < 4.78 is 76.7. The third-order valence-electron chi connectivity index (χ3n) is 14.4. The maximum atomic E-state index is 13.6. The number of hydrogen-bond donors (Lipinski definition) is 5. The zero-order chi connectivity index (χ0) is 59.2. The Balaban J connectivity index is 1.08. The number of likely N-dealkylation sites (N-methyl/N-ethyl adjacent to an activating group) is 1. The first-order chi connectivity index (χ1) is 37.7. The van der Waals surface area contributed by atoms with E-state index in [-0.39, 0.29) is 54.0 Å². The van der Waals surface area contributed by atoms with Crippen LogP contribution in [0, 0.1) is 0 Å². The van der Waals surface area contributed by atoms with Crippen LogP contribution in [0.15, 0.2) is 94.4 Å². The topological polar surface area (TPSA) is 315 Å². The number of hydrogen-bond acceptors (Lipinski definition) is 14. The predicted molar refractivity (Wildman–Crippen MR) is 298 cm³/mol. The largest absolute Gasteiger partial charge is 0.744 e. The van der Waals surface area contributed by atoms with Crippen LogP contribution in [-0.2, 0) is 69.4 Å². The molecule has 2 aromatic rings. The van der Waals surface area contributed by atoms with E-state index in [0.29, 0.717) is 81.6 Å². The lowest BCUT2D eigenvalue weighted by atomic mass is 9.81. The minimum absolute atomic E-state index is 0.0704. The van der Waals surface area contributed by atoms with Crippen molar-refractivity contribution in [3.8, 4) is 0 Å². The van der Waals surface area contributed by atoms with Gasteiger partial charge in [0.1, 0.15) is 35.3 Å². The number of benzene rings is 2. The van der Waals surface area contributed by atoms with Crippen LogP contribution in [0.2, 0.25) is 0 Å². The number of rotatable bonds is 27. The second-order valence-electron chi connectivity index (χ2n) is 20.8. The van der Waals surface area contributed by atoms with Gasteiger partial charge in [0.25, 0.3) is 21.9 Å². The molecule has 24 heteroatoms. The zero-order valence-corrected chi connectivity index (χ0v) is 48.3. The highest BCUT2D eigenvalue weighted by Gasteiger charge is 2.45. The highest BCUT2D eigenvalue weighted by molar-refractivity contribution is 7.86. The summed E-state index contributed by atoms with van der Waals surface area (Å²) in [5.74, 6) is -4.34. The quantitative estimate of drug-likeness (QED) is 0.0155. The second-order valence-corrected chi connectivity index (χ2v) is 23.6. The number of anilines is 1. The van der Waals surface area contributed by atoms with Crippen LogP contribution in [0.1, 0.15) is 130 Å². The van der Waals surface area contributed by atoms with Crippen LogP contribution in [0.25, 0.3) is 0 Å². The number of primary amides is 1. The van der Waals surface area contributed by atoms with Crippen molar-refractivity contribution >= 4 is 78.7 Å². The molecule has 3 aliphatic rings. The average Bonchev–Trinajstić information content (AvgIpc) is 4.21. The van der Waals surface area contributed by atoms with E-state index >= 15 is 0 Å². The Bertz CT molecular complexity index is 3070. The first-order valence-corrected chi connectivity index (χ1v) is 29.8. The molecule has 436 valence electrons. The van der Waals surface area contributed by atoms with Gasteiger partial charge in [-0.3, -0.25) is 38.7 Å². The summed E-state index contributed by atoms with van der Waals surface area (Å²) in [5, 5.41) is 6.35. The molecule has 0 spiro atoms. The smallest absolute Gasteiger partial charge is 0.330 e. The number of carbonyl (C=O) groups is 7. The summed E-state index contributed by atoms with van der Waals surface area (Å²) in [6.45, 7) is 14.4. The number of hydrazine groups is 1. The number of carbonyl (C=O) groups excluding carboxylic acids is 7. The van der Waals surface area contributed by atoms with E-state index in [1.165, 1.54) is 29.2 Å². The molecule has 2 aromatic carbocycles. The summed E-state index contributed by atoms with van der Waals surface area (Å²) in [4.78, 5) is 91.7. The van der Waals surface area contributed by atoms with Crippen LogP contribution < -0.4 is 26.7 Å². The van der Waals surface area contributed by atoms with Crippen LogP contribution in [0.3, 0.4) is 0 Å². The number of likely N-dealkylation sites (tertiary alicyclic amines) is 1. The Hall–Kier alpha value is -7.02. The number of esters is 1. The maximum absolute atomic E-state index is 13.6. The highest BCUT2D eigenvalue weighted by atomic mass is 32.2. The Kier molecular flexibility index (Phi) is 22.3. The number of ether oxygens (including phenoxy) is 1. The van der Waals surface area contributed by atoms with Crippen molar-refractivity contribution in [1.29, 1.82) is 0 Å². The van der Waals surface area contributed by atoms with Crippen molar-refractivity contribution in [2.24, 2.45) is 5.73 Å². The van der Waals surface area contributed by atoms with E-state index < -0.39 is 79.3 Å². The Morgan fingerprint density at radius 3 is 2.19 bits per heavy atom. The Morgan fingerprint density at radius 2 is 1.54 bits per heavy atom. The molecular formula is C56H76N8O14S2. The summed E-state index contributed by atoms with van der Waals surface area (Å²) in [5.41, 5.74) is 11.3. The number of fused-ring (bicyclic) bond motifs is 2. The van der Waals surface area contributed by atoms with Gasteiger partial charge in [-0.15, -0.1) is 0 Å². The maximum Gasteiger partial charge on any atom is 0.330 e. The van der Waals surface area contributed by atoms with Crippen molar-refractivity contribution in [3.63, 3.8) is 0 Å². The van der Waals surface area contributed by atoms with E-state index in [1.807, 2.05) is 65.0 Å². The lowest BCUT2D eigenvalue weighted by Crippen LogP contribution is -2.57. The molecular weight excluding hydrogens is 1070 g/mol. The summed E-state index contributed by atoms with van der Waals surface area (Å²) in [6, 6.07) is 7.10. The lowest BCUT2D eigenvalue weighted by Gasteiger charge is -2.30. The minimum Gasteiger partial charge on any atom is -0.744 e. The van der Waals surface area contributed by atoms with Crippen molar-refractivity contribution in [1.82, 2.24) is 26.0 Å². The number of unbranched alkanes of at least 4 members (excludes halogenated alkanes) is 4. The van der Waals surface area contributed by atoms with E-state index in [4.69, 9.17) is 10.5 Å². The standard InChI is InChI=1S/C56H76N8O14S2/c1-8-42(54(71)63-34-20-21-45(63)53(70)60-64(37-48(57)65)51(68)30-31-52(69)78-10-3)59-50(67)25-16-12-18-32-58-49(66)24-17-13-19-33-62-44-29-27-39(80(75,76)77)36-41(44)56(6,7)47(62)23-15-11-14-22-46-55(4,5)40-35-38(79(72,73)74)26-28-43(40)61(46)9-2/h11,14-15,22-23,26-31,35-36,42,45H,8-10,12-13,16-21,24-25,32-34,37H2,1-7H3,(H6-,57,58,59,60,65,66,67,70,72,73,74,75,76,77)/b31-30+/t42-,45-/m0/s1. The molecule has 1 fully saturated rings. The Morgan fingerprint density at radius 1 is 0.863 bits per heavy atom. The molecule has 0 radical (unpaired) electrons. The average molecular weight is 1150 g/mol. The minimum atomic E-state index is -4.72. The van der Waals surface area contributed by atoms with Gasteiger partial charge in [-0.2, -0.15) is 13.0 Å². The fraction of sp³-hybridized carbons (Fsp3) is 0.500. The molecule has 0 saturated carbocycles. The Labute approximate surface area is 469 Å². The van der Waals surface area contributed by atoms with E-state index in [2.05, 4.69) is 25.5 Å². The fourth-order valence-electron chi connectivity index (χ4n) is 10.3. The van der Waals surface area contributed by atoms with E-state index in [9.17, 15) is 59.5 Å². The van der Waals surface area contributed by atoms with Crippen molar-refractivity contribution in [3.05, 3.63) is 95.8 Å². The molecule has 0 unspecified atom stereocenters. The molecule has 0 aliphatic carbocycles. The first kappa shape index (κ1) is 63.8. The molecule has 0 aromatic heterocycles. The van der Waals surface area contributed by atoms with Crippen molar-refractivity contribution in [2.75, 3.05) is 44.2 Å². The van der Waals surface area contributed by atoms with E-state index in [0.717, 1.165) is 40.5 Å². The predicted octanol–water partition coefficient (Wildman–Crippen LogP) is 4.61. The van der Waals surface area contributed by atoms with Gasteiger partial charge < -0.3 is 35.5 Å². The van der Waals surface area contributed by atoms with E-state index in [1.54, 1.807) is 26.0 Å². The number of allylic oxidation sites excluding steroid dienone is 6. The molecule has 3 heterocycles. The number of nitrogens with two attached hydrogens (primary N) is 1. The van der Waals surface area contributed by atoms with Gasteiger partial charge in [0, 0.05) is 85.6 Å². The SMILES string of the molecule is CCOC(=O)/C=C/C(=O)N(CC(N)=O)NC(=O)[C@@H]1CCCN1C(=O)[C@H](CC)NC(=O)CCCCCNC(=O)CCCCC[N+]1=C(C=CC=CC=C2N(CC)c3ccc(S(=O)(=O)O)cc3C2(C)C)C(C)(C)c2cc(S(=O)(=O)[O-])ccc21. The molecule has 1 saturated heterocycles. The fourth-order valence-corrected chi connectivity index (χ4v) is 11.3. The molecule has 0 bridgehead atoms. The van der Waals surface area contributed by atoms with Gasteiger partial charge in [0.15, 0.2) is 5.71 Å². The first-order valence-electron chi connectivity index (χ1n) is 27.0. The molecule has 6 N–H and O–H groups in total. The van der Waals surface area contributed by atoms with Crippen LogP contribution in [-0.4, -0.2) is 139 Å². The summed E-state index contributed by atoms with van der Waals surface area (Å²) in [6.07, 6.45) is 16.4. The third kappa shape index (κ3) is 16.3. The van der Waals surface area contributed by atoms with Gasteiger partial charge >= 0.3 is 5.97 Å². The third-order valence-corrected chi connectivity index (χ3v) is 16.1. The van der Waals surface area contributed by atoms with Crippen molar-refractivity contribution < 1.29 is 68.8 Å². The van der Waals surface area contributed by atoms with Gasteiger partial charge in [-0.1, -0.05) is 45.4 Å². The van der Waals surface area contributed by atoms with Crippen LogP contribution in [0.4, 0.5) is 11.4 Å². The monoisotopic (exact) mass is 1150 g/mol. The molecule has 2 atom stereocenters. The zero-order valence-electron chi connectivity index (χ0n) is 46.6. The number of nitrogens with one attached hydrogen (secondary N) is 3. The normalized spacial score (nSPS) is 17.5. The van der Waals surface area contributed by atoms with Gasteiger partial charge in [-0.25, -0.2) is 18.2 Å². The molecule has 5 rings (SSSR count). The highest BCUT2D eigenvalue weighted by Crippen LogP contribution is 2.48. The number of amides is 6. The van der Waals surface area contributed by atoms with Crippen LogP contribution >= 0.6 is 0 Å². The van der Waals surface area contributed by atoms with Crippen LogP contribution in [0.5, 0.6) is 0 Å². The van der Waals surface area contributed by atoms with Gasteiger partial charge in [-0.05, 0) is 115 Å². The molecule has 22 nitrogen and oxygen atoms in total. The van der Waals surface area contributed by atoms with Gasteiger partial charge in [0.2, 0.25) is 29.3 Å². The molecule has 80 heavy (non-hydrogen) atoms. The van der Waals surface area contributed by atoms with Gasteiger partial charge in [0.05, 0.1) is 21.8 Å². The lowest BCUT2D eigenvalue weighted by molar-refractivity contribution is -0.438. The summed E-state index contributed by atoms with van der Waals surface area (Å²) >= 11 is 0. The molecule has 6 amide bonds.